The second-order valence-electron chi connectivity index (χ2n) is 9.98. The van der Waals surface area contributed by atoms with Crippen LogP contribution in [0.3, 0.4) is 0 Å². The molecule has 0 unspecified atom stereocenters. The number of carbonyl (C=O) groups excluding carboxylic acids is 3. The van der Waals surface area contributed by atoms with Crippen LogP contribution in [0.5, 0.6) is 5.75 Å². The molecule has 2 N–H and O–H groups in total. The summed E-state index contributed by atoms with van der Waals surface area (Å²) in [5.74, 6) is -0.0806. The lowest BCUT2D eigenvalue weighted by molar-refractivity contribution is -0.357. The Balaban J connectivity index is 1.03. The van der Waals surface area contributed by atoms with Gasteiger partial charge >= 0.3 is 6.36 Å². The van der Waals surface area contributed by atoms with Crippen LogP contribution in [-0.4, -0.2) is 61.0 Å². The van der Waals surface area contributed by atoms with Crippen molar-refractivity contribution in [1.29, 1.82) is 0 Å². The molecule has 1 aromatic rings. The van der Waals surface area contributed by atoms with Gasteiger partial charge in [0.1, 0.15) is 12.4 Å². The summed E-state index contributed by atoms with van der Waals surface area (Å²) in [7, 11) is 0. The lowest BCUT2D eigenvalue weighted by Crippen LogP contribution is -2.50. The molecular formula is C24H26ClF3N2O6. The van der Waals surface area contributed by atoms with Crippen LogP contribution in [0.4, 0.5) is 13.2 Å². The van der Waals surface area contributed by atoms with E-state index in [2.05, 4.69) is 15.4 Å². The van der Waals surface area contributed by atoms with Gasteiger partial charge in [-0.25, -0.2) is 0 Å². The van der Waals surface area contributed by atoms with Crippen molar-refractivity contribution in [3.05, 3.63) is 28.8 Å². The number of fused-ring (bicyclic) bond motifs is 3. The van der Waals surface area contributed by atoms with E-state index in [1.54, 1.807) is 12.1 Å². The smallest absolute Gasteiger partial charge is 0.479 e. The summed E-state index contributed by atoms with van der Waals surface area (Å²) in [6.07, 6.45) is -4.45. The number of halogens is 4. The average molecular weight is 531 g/mol. The topological polar surface area (TPSA) is 103 Å². The standard InChI is InChI=1S/C24H26ClF3N2O6/c25-13-1-2-20-16(6-13)19(31)9-21(35-20)23(33)30-18-5-11-3-12(18)4-17(11)29-22(32)10-34-14-7-15(8-14)36-24(26,27)28/h1-2,6,11-12,14-15,17-18,21H,3-5,7-10H2,(H,29,32)(H,30,33)/t11-,12-,14-,15+,17+,18+,21-/m1/s1. The molecule has 1 aromatic carbocycles. The lowest BCUT2D eigenvalue weighted by atomic mass is 9.90. The number of Topliss-reactive ketones (excluding diaryl/α,β-unsaturated/α-hetero) is 1. The fourth-order valence-electron chi connectivity index (χ4n) is 5.73. The molecule has 0 radical (unpaired) electrons. The Morgan fingerprint density at radius 2 is 1.72 bits per heavy atom. The number of hydrogen-bond acceptors (Lipinski definition) is 6. The predicted molar refractivity (Wildman–Crippen MR) is 119 cm³/mol. The average Bonchev–Trinajstić information content (AvgIpc) is 3.34. The van der Waals surface area contributed by atoms with Crippen LogP contribution < -0.4 is 15.4 Å². The first kappa shape index (κ1) is 25.3. The van der Waals surface area contributed by atoms with Gasteiger partial charge in [-0.1, -0.05) is 11.6 Å². The Kier molecular flexibility index (Phi) is 6.90. The quantitative estimate of drug-likeness (QED) is 0.561. The molecule has 3 fully saturated rings. The molecule has 3 saturated carbocycles. The number of hydrogen-bond donors (Lipinski definition) is 2. The van der Waals surface area contributed by atoms with Crippen molar-refractivity contribution >= 4 is 29.2 Å². The van der Waals surface area contributed by atoms with Crippen LogP contribution >= 0.6 is 11.6 Å². The van der Waals surface area contributed by atoms with Gasteiger partial charge in [0, 0.05) is 29.9 Å². The molecule has 0 spiro atoms. The highest BCUT2D eigenvalue weighted by Gasteiger charge is 2.48. The van der Waals surface area contributed by atoms with E-state index >= 15 is 0 Å². The van der Waals surface area contributed by atoms with E-state index in [1.807, 2.05) is 0 Å². The zero-order chi connectivity index (χ0) is 25.6. The summed E-state index contributed by atoms with van der Waals surface area (Å²) in [4.78, 5) is 37.5. The highest BCUT2D eigenvalue weighted by molar-refractivity contribution is 6.31. The van der Waals surface area contributed by atoms with Gasteiger partial charge in [0.25, 0.3) is 5.91 Å². The molecule has 5 atom stereocenters. The lowest BCUT2D eigenvalue weighted by Gasteiger charge is -2.35. The molecule has 1 heterocycles. The van der Waals surface area contributed by atoms with E-state index in [1.165, 1.54) is 6.07 Å². The van der Waals surface area contributed by atoms with Crippen molar-refractivity contribution in [3.63, 3.8) is 0 Å². The Morgan fingerprint density at radius 3 is 2.39 bits per heavy atom. The molecule has 2 amide bonds. The molecular weight excluding hydrogens is 505 g/mol. The van der Waals surface area contributed by atoms with Gasteiger partial charge in [0.05, 0.1) is 24.2 Å². The van der Waals surface area contributed by atoms with Crippen molar-refractivity contribution in [2.24, 2.45) is 11.8 Å². The van der Waals surface area contributed by atoms with Crippen LogP contribution in [0.25, 0.3) is 0 Å². The van der Waals surface area contributed by atoms with Gasteiger partial charge in [-0.05, 0) is 49.3 Å². The van der Waals surface area contributed by atoms with Gasteiger partial charge in [-0.3, -0.25) is 19.1 Å². The second kappa shape index (κ2) is 9.83. The first-order valence-corrected chi connectivity index (χ1v) is 12.4. The Morgan fingerprint density at radius 1 is 1.03 bits per heavy atom. The normalized spacial score (nSPS) is 32.9. The van der Waals surface area contributed by atoms with Crippen molar-refractivity contribution in [3.8, 4) is 5.75 Å². The van der Waals surface area contributed by atoms with Gasteiger partial charge in [0.15, 0.2) is 11.9 Å². The Labute approximate surface area is 210 Å². The third-order valence-corrected chi connectivity index (χ3v) is 7.74. The number of rotatable bonds is 7. The van der Waals surface area contributed by atoms with Crippen LogP contribution in [0.1, 0.15) is 48.9 Å². The van der Waals surface area contributed by atoms with Crippen molar-refractivity contribution in [2.45, 2.75) is 75.3 Å². The fourth-order valence-corrected chi connectivity index (χ4v) is 5.90. The van der Waals surface area contributed by atoms with E-state index in [0.717, 1.165) is 6.42 Å². The number of nitrogens with one attached hydrogen (secondary N) is 2. The summed E-state index contributed by atoms with van der Waals surface area (Å²) in [5, 5.41) is 6.40. The third-order valence-electron chi connectivity index (χ3n) is 7.51. The first-order chi connectivity index (χ1) is 17.0. The monoisotopic (exact) mass is 530 g/mol. The van der Waals surface area contributed by atoms with Gasteiger partial charge in [-0.15, -0.1) is 13.2 Å². The minimum Gasteiger partial charge on any atom is -0.479 e. The Bertz CT molecular complexity index is 1050. The number of alkyl halides is 3. The molecule has 2 bridgehead atoms. The molecule has 196 valence electrons. The van der Waals surface area contributed by atoms with Crippen LogP contribution in [-0.2, 0) is 19.1 Å². The van der Waals surface area contributed by atoms with Crippen molar-refractivity contribution < 1.29 is 41.8 Å². The summed E-state index contributed by atoms with van der Waals surface area (Å²) < 4.78 is 51.6. The Hall–Kier alpha value is -2.37. The molecule has 0 saturated heterocycles. The molecule has 5 rings (SSSR count). The van der Waals surface area contributed by atoms with Crippen molar-refractivity contribution in [2.75, 3.05) is 6.61 Å². The van der Waals surface area contributed by atoms with Gasteiger partial charge < -0.3 is 20.1 Å². The second-order valence-corrected chi connectivity index (χ2v) is 10.4. The van der Waals surface area contributed by atoms with Crippen molar-refractivity contribution in [1.82, 2.24) is 10.6 Å². The van der Waals surface area contributed by atoms with Crippen LogP contribution in [0, 0.1) is 11.8 Å². The summed E-state index contributed by atoms with van der Waals surface area (Å²) in [5.41, 5.74) is 0.376. The zero-order valence-corrected chi connectivity index (χ0v) is 19.9. The summed E-state index contributed by atoms with van der Waals surface area (Å²) >= 11 is 5.94. The molecule has 8 nitrogen and oxygen atoms in total. The molecule has 1 aliphatic heterocycles. The highest BCUT2D eigenvalue weighted by Crippen LogP contribution is 2.45. The van der Waals surface area contributed by atoms with E-state index in [-0.39, 0.29) is 67.4 Å². The predicted octanol–water partition coefficient (Wildman–Crippen LogP) is 3.16. The fraction of sp³-hybridized carbons (Fsp3) is 0.625. The maximum Gasteiger partial charge on any atom is 0.522 e. The highest BCUT2D eigenvalue weighted by atomic mass is 35.5. The molecule has 4 aliphatic rings. The SMILES string of the molecule is O=C(CO[C@H]1C[C@@H](OC(F)(F)F)C1)N[C@H]1C[C@H]2C[C@@H]1C[C@@H]2NC(=O)[C@H]1CC(=O)c2cc(Cl)ccc2O1. The first-order valence-electron chi connectivity index (χ1n) is 12.0. The molecule has 36 heavy (non-hydrogen) atoms. The maximum absolute atomic E-state index is 12.8. The van der Waals surface area contributed by atoms with E-state index in [9.17, 15) is 27.6 Å². The zero-order valence-electron chi connectivity index (χ0n) is 19.2. The number of carbonyl (C=O) groups is 3. The van der Waals surface area contributed by atoms with Crippen LogP contribution in [0.2, 0.25) is 5.02 Å². The summed E-state index contributed by atoms with van der Waals surface area (Å²) in [6.45, 7) is -0.211. The minimum atomic E-state index is -4.66. The minimum absolute atomic E-state index is 0.0360. The largest absolute Gasteiger partial charge is 0.522 e. The molecule has 0 aromatic heterocycles. The van der Waals surface area contributed by atoms with Gasteiger partial charge in [0.2, 0.25) is 5.91 Å². The number of ether oxygens (including phenoxy) is 3. The maximum atomic E-state index is 12.8. The van der Waals surface area contributed by atoms with E-state index in [4.69, 9.17) is 21.1 Å². The van der Waals surface area contributed by atoms with E-state index < -0.39 is 24.7 Å². The van der Waals surface area contributed by atoms with Crippen LogP contribution in [0.15, 0.2) is 18.2 Å². The third kappa shape index (κ3) is 5.63. The molecule has 12 heteroatoms. The van der Waals surface area contributed by atoms with Gasteiger partial charge in [-0.2, -0.15) is 0 Å². The summed E-state index contributed by atoms with van der Waals surface area (Å²) in [6, 6.07) is 4.63. The number of ketones is 1. The molecule has 3 aliphatic carbocycles. The van der Waals surface area contributed by atoms with E-state index in [0.29, 0.717) is 29.2 Å². The number of benzene rings is 1. The number of amides is 2.